The predicted molar refractivity (Wildman–Crippen MR) is 99.1 cm³/mol. The number of nitrogens with zero attached hydrogens (tertiary/aromatic N) is 7. The second-order valence-corrected chi connectivity index (χ2v) is 5.98. The summed E-state index contributed by atoms with van der Waals surface area (Å²) in [5, 5.41) is 19.1. The van der Waals surface area contributed by atoms with Crippen molar-refractivity contribution in [1.29, 1.82) is 0 Å². The van der Waals surface area contributed by atoms with Gasteiger partial charge in [-0.3, -0.25) is 4.79 Å². The highest BCUT2D eigenvalue weighted by atomic mass is 16.6. The number of ether oxygens (including phenoxy) is 1. The maximum atomic E-state index is 12.6. The third-order valence-electron chi connectivity index (χ3n) is 3.61. The van der Waals surface area contributed by atoms with Crippen molar-refractivity contribution in [1.82, 2.24) is 35.6 Å². The Bertz CT molecular complexity index is 993. The molecule has 0 aliphatic heterocycles. The summed E-state index contributed by atoms with van der Waals surface area (Å²) in [6.45, 7) is 0.349. The first-order valence-corrected chi connectivity index (χ1v) is 8.14. The Morgan fingerprint density at radius 1 is 1.43 bits per heavy atom. The minimum absolute atomic E-state index is 0.0351. The number of hydrogen-bond donors (Lipinski definition) is 2. The predicted octanol–water partition coefficient (Wildman–Crippen LogP) is 0.0666. The number of nitrogens with one attached hydrogen (secondary N) is 1. The lowest BCUT2D eigenvalue weighted by atomic mass is 10.2. The van der Waals surface area contributed by atoms with Crippen molar-refractivity contribution in [2.24, 2.45) is 5.10 Å². The van der Waals surface area contributed by atoms with Crippen molar-refractivity contribution in [2.75, 3.05) is 26.9 Å². The molecule has 12 heteroatoms. The number of aromatic nitrogens is 5. The number of carbonyl (C=O) groups is 1. The Balaban J connectivity index is 1.82. The minimum Gasteiger partial charge on any atom is -0.497 e. The highest BCUT2D eigenvalue weighted by Crippen LogP contribution is 2.17. The molecule has 146 valence electrons. The van der Waals surface area contributed by atoms with Crippen molar-refractivity contribution in [3.8, 4) is 11.6 Å². The molecule has 0 bridgehead atoms. The number of carbonyl (C=O) groups excluding carboxylic acids is 1. The quantitative estimate of drug-likeness (QED) is 0.425. The van der Waals surface area contributed by atoms with Crippen LogP contribution in [0.4, 0.5) is 5.82 Å². The molecule has 12 nitrogen and oxygen atoms in total. The summed E-state index contributed by atoms with van der Waals surface area (Å²) >= 11 is 0. The maximum Gasteiger partial charge on any atom is 0.293 e. The molecule has 0 aliphatic carbocycles. The second-order valence-electron chi connectivity index (χ2n) is 5.98. The third kappa shape index (κ3) is 4.12. The van der Waals surface area contributed by atoms with Crippen LogP contribution < -0.4 is 15.9 Å². The molecule has 28 heavy (non-hydrogen) atoms. The van der Waals surface area contributed by atoms with E-state index in [9.17, 15) is 4.79 Å². The van der Waals surface area contributed by atoms with Gasteiger partial charge in [0.05, 0.1) is 19.0 Å². The van der Waals surface area contributed by atoms with Gasteiger partial charge >= 0.3 is 0 Å². The van der Waals surface area contributed by atoms with Crippen LogP contribution in [0.25, 0.3) is 5.82 Å². The standard InChI is InChI=1S/C16H19N9O3/c1-24(2)9-12-13(19-23-25(12)15-14(17)21-28-22-15)16(26)20-18-8-10-5-4-6-11(7-10)27-3/h4-8H,9H2,1-3H3,(H2,17,21)(H,20,26)/b18-8+. The van der Waals surface area contributed by atoms with E-state index in [1.807, 2.05) is 37.2 Å². The van der Waals surface area contributed by atoms with Crippen molar-refractivity contribution in [2.45, 2.75) is 6.54 Å². The van der Waals surface area contributed by atoms with Crippen LogP contribution in [0.3, 0.4) is 0 Å². The lowest BCUT2D eigenvalue weighted by molar-refractivity contribution is 0.0948. The van der Waals surface area contributed by atoms with Crippen LogP contribution in [0.2, 0.25) is 0 Å². The molecular formula is C16H19N9O3. The number of hydrogen-bond acceptors (Lipinski definition) is 10. The van der Waals surface area contributed by atoms with Gasteiger partial charge in [-0.25, -0.2) is 10.1 Å². The van der Waals surface area contributed by atoms with Gasteiger partial charge in [-0.05, 0) is 42.1 Å². The Morgan fingerprint density at radius 2 is 2.25 bits per heavy atom. The summed E-state index contributed by atoms with van der Waals surface area (Å²) in [7, 11) is 5.25. The van der Waals surface area contributed by atoms with Gasteiger partial charge in [-0.15, -0.1) is 5.10 Å². The zero-order valence-electron chi connectivity index (χ0n) is 15.5. The van der Waals surface area contributed by atoms with E-state index in [0.29, 0.717) is 18.0 Å². The average molecular weight is 385 g/mol. The van der Waals surface area contributed by atoms with Crippen molar-refractivity contribution in [3.05, 3.63) is 41.2 Å². The van der Waals surface area contributed by atoms with E-state index in [2.05, 4.69) is 35.8 Å². The van der Waals surface area contributed by atoms with E-state index in [1.165, 1.54) is 10.9 Å². The molecule has 0 saturated carbocycles. The van der Waals surface area contributed by atoms with Crippen molar-refractivity contribution < 1.29 is 14.2 Å². The number of nitrogens with two attached hydrogens (primary N) is 1. The molecule has 0 unspecified atom stereocenters. The molecule has 2 aromatic heterocycles. The lowest BCUT2D eigenvalue weighted by Gasteiger charge is -2.11. The van der Waals surface area contributed by atoms with Gasteiger partial charge in [0.1, 0.15) is 5.75 Å². The molecule has 0 spiro atoms. The molecule has 3 aromatic rings. The van der Waals surface area contributed by atoms with Crippen molar-refractivity contribution >= 4 is 17.9 Å². The number of amides is 1. The summed E-state index contributed by atoms with van der Waals surface area (Å²) in [5.41, 5.74) is 9.46. The first-order chi connectivity index (χ1) is 13.5. The molecule has 2 heterocycles. The first kappa shape index (κ1) is 19.0. The maximum absolute atomic E-state index is 12.6. The van der Waals surface area contributed by atoms with Gasteiger partial charge in [-0.2, -0.15) is 9.78 Å². The van der Waals surface area contributed by atoms with E-state index >= 15 is 0 Å². The SMILES string of the molecule is COc1cccc(/C=N/NC(=O)c2nnn(-c3nonc3N)c2CN(C)C)c1. The molecule has 3 N–H and O–H groups in total. The number of nitrogen functional groups attached to an aromatic ring is 1. The van der Waals surface area contributed by atoms with Crippen LogP contribution in [0, 0.1) is 0 Å². The number of benzene rings is 1. The molecule has 1 amide bonds. The van der Waals surface area contributed by atoms with Crippen LogP contribution in [-0.4, -0.2) is 63.5 Å². The molecule has 1 aromatic carbocycles. The zero-order chi connectivity index (χ0) is 20.1. The summed E-state index contributed by atoms with van der Waals surface area (Å²) in [6.07, 6.45) is 1.50. The molecule has 0 radical (unpaired) electrons. The van der Waals surface area contributed by atoms with Crippen LogP contribution >= 0.6 is 0 Å². The first-order valence-electron chi connectivity index (χ1n) is 8.14. The van der Waals surface area contributed by atoms with Gasteiger partial charge in [0, 0.05) is 6.54 Å². The van der Waals surface area contributed by atoms with Gasteiger partial charge < -0.3 is 15.4 Å². The Morgan fingerprint density at radius 3 is 2.93 bits per heavy atom. The van der Waals surface area contributed by atoms with Crippen LogP contribution in [0.5, 0.6) is 5.75 Å². The lowest BCUT2D eigenvalue weighted by Crippen LogP contribution is -2.23. The second kappa shape index (κ2) is 8.26. The van der Waals surface area contributed by atoms with Gasteiger partial charge in [0.2, 0.25) is 11.6 Å². The summed E-state index contributed by atoms with van der Waals surface area (Å²) in [6, 6.07) is 7.24. The summed E-state index contributed by atoms with van der Waals surface area (Å²) in [5.74, 6) is 0.346. The van der Waals surface area contributed by atoms with E-state index in [0.717, 1.165) is 5.56 Å². The monoisotopic (exact) mass is 385 g/mol. The van der Waals surface area contributed by atoms with E-state index < -0.39 is 5.91 Å². The molecule has 3 rings (SSSR count). The largest absolute Gasteiger partial charge is 0.497 e. The molecule has 0 aliphatic rings. The van der Waals surface area contributed by atoms with Gasteiger partial charge in [-0.1, -0.05) is 17.3 Å². The summed E-state index contributed by atoms with van der Waals surface area (Å²) in [4.78, 5) is 14.4. The Kier molecular flexibility index (Phi) is 5.60. The smallest absolute Gasteiger partial charge is 0.293 e. The Hall–Kier alpha value is -3.80. The minimum atomic E-state index is -0.530. The van der Waals surface area contributed by atoms with E-state index in [1.54, 1.807) is 13.2 Å². The average Bonchev–Trinajstić information content (AvgIpc) is 3.27. The normalized spacial score (nSPS) is 11.3. The van der Waals surface area contributed by atoms with Crippen LogP contribution in [0.15, 0.2) is 34.0 Å². The number of methoxy groups -OCH3 is 1. The van der Waals surface area contributed by atoms with Crippen LogP contribution in [0.1, 0.15) is 21.7 Å². The van der Waals surface area contributed by atoms with Crippen LogP contribution in [-0.2, 0) is 6.54 Å². The number of rotatable bonds is 7. The summed E-state index contributed by atoms with van der Waals surface area (Å²) < 4.78 is 11.1. The topological polar surface area (TPSA) is 150 Å². The highest BCUT2D eigenvalue weighted by molar-refractivity contribution is 5.94. The molecule has 0 saturated heterocycles. The fourth-order valence-corrected chi connectivity index (χ4v) is 2.37. The fraction of sp³-hybridized carbons (Fsp3) is 0.250. The zero-order valence-corrected chi connectivity index (χ0v) is 15.5. The van der Waals surface area contributed by atoms with Gasteiger partial charge in [0.25, 0.3) is 5.91 Å². The third-order valence-corrected chi connectivity index (χ3v) is 3.61. The van der Waals surface area contributed by atoms with Crippen molar-refractivity contribution in [3.63, 3.8) is 0 Å². The van der Waals surface area contributed by atoms with Gasteiger partial charge in [0.15, 0.2) is 5.69 Å². The molecular weight excluding hydrogens is 366 g/mol. The fourth-order valence-electron chi connectivity index (χ4n) is 2.37. The molecule has 0 fully saturated rings. The number of hydrazone groups is 1. The highest BCUT2D eigenvalue weighted by Gasteiger charge is 2.24. The van der Waals surface area contributed by atoms with E-state index in [-0.39, 0.29) is 17.3 Å². The Labute approximate surface area is 159 Å². The molecule has 0 atom stereocenters. The van der Waals surface area contributed by atoms with E-state index in [4.69, 9.17) is 10.5 Å². The number of anilines is 1.